The van der Waals surface area contributed by atoms with E-state index in [1.54, 1.807) is 18.2 Å². The van der Waals surface area contributed by atoms with Crippen LogP contribution in [0.15, 0.2) is 56.3 Å². The first-order valence-electron chi connectivity index (χ1n) is 6.04. The number of aryl methyl sites for hydroxylation is 1. The van der Waals surface area contributed by atoms with Crippen LogP contribution in [0.25, 0.3) is 22.1 Å². The molecule has 100 valence electrons. The summed E-state index contributed by atoms with van der Waals surface area (Å²) in [6.45, 7) is 1.96. The maximum Gasteiger partial charge on any atom is 0.200 e. The molecule has 0 saturated heterocycles. The molecule has 1 heterocycles. The van der Waals surface area contributed by atoms with Crippen LogP contribution in [0.1, 0.15) is 5.56 Å². The van der Waals surface area contributed by atoms with E-state index in [-0.39, 0.29) is 5.43 Å². The summed E-state index contributed by atoms with van der Waals surface area (Å²) in [5.74, 6) is 0. The molecule has 0 amide bonds. The molecule has 3 aromatic rings. The van der Waals surface area contributed by atoms with Gasteiger partial charge in [0.1, 0.15) is 11.8 Å². The third-order valence-electron chi connectivity index (χ3n) is 3.15. The van der Waals surface area contributed by atoms with E-state index in [1.165, 1.54) is 6.26 Å². The van der Waals surface area contributed by atoms with E-state index in [4.69, 9.17) is 16.0 Å². The van der Waals surface area contributed by atoms with Crippen LogP contribution in [0.4, 0.5) is 0 Å². The first-order chi connectivity index (χ1) is 9.56. The van der Waals surface area contributed by atoms with Gasteiger partial charge in [0.15, 0.2) is 0 Å². The average Bonchev–Trinajstić information content (AvgIpc) is 2.43. The summed E-state index contributed by atoms with van der Waals surface area (Å²) in [5.41, 5.74) is 2.69. The van der Waals surface area contributed by atoms with Crippen LogP contribution in [0.3, 0.4) is 0 Å². The second-order valence-electron chi connectivity index (χ2n) is 4.60. The summed E-state index contributed by atoms with van der Waals surface area (Å²) in [6, 6.07) is 10.9. The molecule has 0 saturated carbocycles. The molecule has 0 spiro atoms. The Morgan fingerprint density at radius 3 is 2.70 bits per heavy atom. The van der Waals surface area contributed by atoms with Crippen LogP contribution in [0, 0.1) is 6.92 Å². The van der Waals surface area contributed by atoms with Crippen LogP contribution in [0.2, 0.25) is 5.02 Å². The first kappa shape index (κ1) is 13.4. The highest BCUT2D eigenvalue weighted by molar-refractivity contribution is 9.10. The molecule has 3 rings (SSSR count). The maximum absolute atomic E-state index is 12.6. The monoisotopic (exact) mass is 348 g/mol. The van der Waals surface area contributed by atoms with Crippen LogP contribution in [0.5, 0.6) is 0 Å². The quantitative estimate of drug-likeness (QED) is 0.605. The second kappa shape index (κ2) is 5.08. The molecular weight excluding hydrogens is 340 g/mol. The number of fused-ring (bicyclic) bond motifs is 1. The Balaban J connectivity index is 2.35. The second-order valence-corrected chi connectivity index (χ2v) is 5.93. The Labute approximate surface area is 129 Å². The average molecular weight is 350 g/mol. The zero-order valence-corrected chi connectivity index (χ0v) is 13.0. The van der Waals surface area contributed by atoms with Crippen molar-refractivity contribution in [3.8, 4) is 11.1 Å². The topological polar surface area (TPSA) is 30.2 Å². The summed E-state index contributed by atoms with van der Waals surface area (Å²) in [6.07, 6.45) is 1.47. The summed E-state index contributed by atoms with van der Waals surface area (Å²) in [4.78, 5) is 12.6. The lowest BCUT2D eigenvalue weighted by Crippen LogP contribution is -2.05. The lowest BCUT2D eigenvalue weighted by molar-refractivity contribution is 0.604. The first-order valence-corrected chi connectivity index (χ1v) is 7.21. The smallest absolute Gasteiger partial charge is 0.200 e. The molecule has 2 nitrogen and oxygen atoms in total. The van der Waals surface area contributed by atoms with E-state index in [0.29, 0.717) is 27.1 Å². The number of halogens is 2. The lowest BCUT2D eigenvalue weighted by atomic mass is 10.0. The molecule has 2 aromatic carbocycles. The summed E-state index contributed by atoms with van der Waals surface area (Å²) >= 11 is 9.56. The van der Waals surface area contributed by atoms with Crippen molar-refractivity contribution in [1.29, 1.82) is 0 Å². The summed E-state index contributed by atoms with van der Waals surface area (Å²) < 4.78 is 6.39. The molecule has 0 aliphatic carbocycles. The van der Waals surface area contributed by atoms with Gasteiger partial charge >= 0.3 is 0 Å². The lowest BCUT2D eigenvalue weighted by Gasteiger charge is -2.06. The molecule has 0 bridgehead atoms. The molecule has 0 unspecified atom stereocenters. The van der Waals surface area contributed by atoms with Crippen molar-refractivity contribution >= 4 is 38.5 Å². The van der Waals surface area contributed by atoms with E-state index in [9.17, 15) is 4.79 Å². The highest BCUT2D eigenvalue weighted by Crippen LogP contribution is 2.28. The van der Waals surface area contributed by atoms with E-state index in [2.05, 4.69) is 15.9 Å². The molecule has 20 heavy (non-hydrogen) atoms. The van der Waals surface area contributed by atoms with Crippen LogP contribution in [-0.4, -0.2) is 0 Å². The Morgan fingerprint density at radius 1 is 1.10 bits per heavy atom. The minimum absolute atomic E-state index is 0.0833. The standard InChI is InChI=1S/C16H10BrClO2/c1-9-2-4-14(18)11(6-9)13-8-20-15-5-3-10(17)7-12(15)16(13)19/h2-8H,1H3. The van der Waals surface area contributed by atoms with Gasteiger partial charge in [-0.3, -0.25) is 4.79 Å². The minimum Gasteiger partial charge on any atom is -0.463 e. The van der Waals surface area contributed by atoms with Gasteiger partial charge in [-0.05, 0) is 37.3 Å². The van der Waals surface area contributed by atoms with Gasteiger partial charge in [0.2, 0.25) is 5.43 Å². The Bertz CT molecular complexity index is 868. The molecule has 0 aliphatic heterocycles. The molecular formula is C16H10BrClO2. The number of hydrogen-bond donors (Lipinski definition) is 0. The van der Waals surface area contributed by atoms with E-state index < -0.39 is 0 Å². The van der Waals surface area contributed by atoms with E-state index in [1.807, 2.05) is 25.1 Å². The van der Waals surface area contributed by atoms with Crippen LogP contribution in [-0.2, 0) is 0 Å². The van der Waals surface area contributed by atoms with E-state index >= 15 is 0 Å². The van der Waals surface area contributed by atoms with Crippen molar-refractivity contribution in [3.63, 3.8) is 0 Å². The molecule has 0 N–H and O–H groups in total. The van der Waals surface area contributed by atoms with Gasteiger partial charge in [0.05, 0.1) is 10.9 Å². The number of benzene rings is 2. The Kier molecular flexibility index (Phi) is 3.40. The van der Waals surface area contributed by atoms with Crippen molar-refractivity contribution < 1.29 is 4.42 Å². The molecule has 0 radical (unpaired) electrons. The molecule has 0 fully saturated rings. The molecule has 4 heteroatoms. The van der Waals surface area contributed by atoms with E-state index in [0.717, 1.165) is 10.0 Å². The maximum atomic E-state index is 12.6. The van der Waals surface area contributed by atoms with Gasteiger partial charge in [0, 0.05) is 15.1 Å². The number of hydrogen-bond acceptors (Lipinski definition) is 2. The van der Waals surface area contributed by atoms with Crippen LogP contribution < -0.4 is 5.43 Å². The van der Waals surface area contributed by atoms with Gasteiger partial charge < -0.3 is 4.42 Å². The van der Waals surface area contributed by atoms with Gasteiger partial charge in [-0.2, -0.15) is 0 Å². The molecule has 1 aromatic heterocycles. The minimum atomic E-state index is -0.0833. The highest BCUT2D eigenvalue weighted by atomic mass is 79.9. The SMILES string of the molecule is Cc1ccc(Cl)c(-c2coc3ccc(Br)cc3c2=O)c1. The normalized spacial score (nSPS) is 10.9. The fourth-order valence-corrected chi connectivity index (χ4v) is 2.72. The Hall–Kier alpha value is -1.58. The van der Waals surface area contributed by atoms with Crippen molar-refractivity contribution in [2.75, 3.05) is 0 Å². The third-order valence-corrected chi connectivity index (χ3v) is 3.97. The van der Waals surface area contributed by atoms with Gasteiger partial charge in [-0.1, -0.05) is 39.2 Å². The fraction of sp³-hybridized carbons (Fsp3) is 0.0625. The third kappa shape index (κ3) is 2.28. The zero-order valence-electron chi connectivity index (χ0n) is 10.6. The van der Waals surface area contributed by atoms with Crippen molar-refractivity contribution in [1.82, 2.24) is 0 Å². The fourth-order valence-electron chi connectivity index (χ4n) is 2.13. The van der Waals surface area contributed by atoms with Crippen molar-refractivity contribution in [2.24, 2.45) is 0 Å². The number of rotatable bonds is 1. The summed E-state index contributed by atoms with van der Waals surface area (Å²) in [7, 11) is 0. The van der Waals surface area contributed by atoms with Crippen molar-refractivity contribution in [2.45, 2.75) is 6.92 Å². The van der Waals surface area contributed by atoms with Gasteiger partial charge in [-0.15, -0.1) is 0 Å². The highest BCUT2D eigenvalue weighted by Gasteiger charge is 2.12. The largest absolute Gasteiger partial charge is 0.463 e. The molecule has 0 aliphatic rings. The van der Waals surface area contributed by atoms with Crippen LogP contribution >= 0.6 is 27.5 Å². The predicted octanol–water partition coefficient (Wildman–Crippen LogP) is 5.18. The van der Waals surface area contributed by atoms with Gasteiger partial charge in [0.25, 0.3) is 0 Å². The Morgan fingerprint density at radius 2 is 1.90 bits per heavy atom. The zero-order chi connectivity index (χ0) is 14.3. The van der Waals surface area contributed by atoms with Gasteiger partial charge in [-0.25, -0.2) is 0 Å². The predicted molar refractivity (Wildman–Crippen MR) is 85.4 cm³/mol. The molecule has 0 atom stereocenters. The van der Waals surface area contributed by atoms with Crippen molar-refractivity contribution in [3.05, 3.63) is 67.9 Å². The summed E-state index contributed by atoms with van der Waals surface area (Å²) in [5, 5.41) is 1.08.